The molecule has 0 aliphatic carbocycles. The van der Waals surface area contributed by atoms with Gasteiger partial charge in [0, 0.05) is 0 Å². The van der Waals surface area contributed by atoms with Crippen LogP contribution in [0.1, 0.15) is 30.5 Å². The Kier molecular flexibility index (Phi) is 5.63. The summed E-state index contributed by atoms with van der Waals surface area (Å²) >= 11 is 0. The van der Waals surface area contributed by atoms with Crippen molar-refractivity contribution in [2.75, 3.05) is 0 Å². The Morgan fingerprint density at radius 3 is 2.16 bits per heavy atom. The Hall–Kier alpha value is -2.27. The fourth-order valence-electron chi connectivity index (χ4n) is 1.60. The van der Waals surface area contributed by atoms with Gasteiger partial charge < -0.3 is 4.74 Å². The molecule has 19 heavy (non-hydrogen) atoms. The summed E-state index contributed by atoms with van der Waals surface area (Å²) in [6, 6.07) is 15.5. The first-order valence-corrected chi connectivity index (χ1v) is 6.45. The molecule has 0 aromatic heterocycles. The summed E-state index contributed by atoms with van der Waals surface area (Å²) in [4.78, 5) is 0. The van der Waals surface area contributed by atoms with E-state index in [2.05, 4.69) is 6.07 Å². The normalized spacial score (nSPS) is 9.00. The van der Waals surface area contributed by atoms with Crippen molar-refractivity contribution < 1.29 is 4.74 Å². The number of benzene rings is 2. The Morgan fingerprint density at radius 1 is 0.947 bits per heavy atom. The van der Waals surface area contributed by atoms with E-state index in [1.807, 2.05) is 70.2 Å². The first-order valence-electron chi connectivity index (χ1n) is 6.45. The average molecular weight is 253 g/mol. The van der Waals surface area contributed by atoms with E-state index in [4.69, 9.17) is 10.00 Å². The van der Waals surface area contributed by atoms with Gasteiger partial charge in [-0.05, 0) is 37.6 Å². The zero-order chi connectivity index (χ0) is 14.3. The van der Waals surface area contributed by atoms with Crippen molar-refractivity contribution in [2.24, 2.45) is 0 Å². The number of hydrogen-bond acceptors (Lipinski definition) is 2. The molecule has 2 aromatic carbocycles. The fourth-order valence-corrected chi connectivity index (χ4v) is 1.60. The van der Waals surface area contributed by atoms with Crippen molar-refractivity contribution in [3.8, 4) is 17.6 Å². The van der Waals surface area contributed by atoms with E-state index >= 15 is 0 Å². The molecule has 0 aliphatic heterocycles. The quantitative estimate of drug-likeness (QED) is 0.755. The molecule has 0 fully saturated rings. The third-order valence-corrected chi connectivity index (χ3v) is 2.60. The van der Waals surface area contributed by atoms with Crippen LogP contribution in [0.2, 0.25) is 0 Å². The van der Waals surface area contributed by atoms with Crippen molar-refractivity contribution in [1.82, 2.24) is 0 Å². The predicted molar refractivity (Wildman–Crippen MR) is 78.5 cm³/mol. The molecule has 2 heteroatoms. The van der Waals surface area contributed by atoms with Gasteiger partial charge in [0.15, 0.2) is 0 Å². The second-order valence-electron chi connectivity index (χ2n) is 3.97. The minimum absolute atomic E-state index is 0.591. The Morgan fingerprint density at radius 2 is 1.58 bits per heavy atom. The summed E-state index contributed by atoms with van der Waals surface area (Å²) in [5, 5.41) is 9.09. The molecule has 0 amide bonds. The number of nitrogens with zero attached hydrogens (tertiary/aromatic N) is 1. The van der Waals surface area contributed by atoms with Crippen LogP contribution in [0.25, 0.3) is 0 Å². The van der Waals surface area contributed by atoms with Gasteiger partial charge in [-0.25, -0.2) is 0 Å². The van der Waals surface area contributed by atoms with Crippen molar-refractivity contribution in [1.29, 1.82) is 5.26 Å². The van der Waals surface area contributed by atoms with Gasteiger partial charge in [-0.15, -0.1) is 0 Å². The number of rotatable bonds is 2. The summed E-state index contributed by atoms with van der Waals surface area (Å²) in [5.41, 5.74) is 2.70. The monoisotopic (exact) mass is 253 g/mol. The first-order chi connectivity index (χ1) is 9.20. The van der Waals surface area contributed by atoms with Gasteiger partial charge in [-0.2, -0.15) is 5.26 Å². The molecule has 0 aliphatic rings. The van der Waals surface area contributed by atoms with E-state index in [1.54, 1.807) is 0 Å². The standard InChI is InChI=1S/C15H13NO.C2H6/c1-11-6-8-13(9-7-11)17-15-5-3-4-12(2)14(15)10-16;1-2/h3-9H,1-2H3;1-2H3. The molecule has 2 aromatic rings. The van der Waals surface area contributed by atoms with Crippen LogP contribution in [-0.4, -0.2) is 0 Å². The number of ether oxygens (including phenoxy) is 1. The van der Waals surface area contributed by atoms with Gasteiger partial charge in [0.05, 0.1) is 5.56 Å². The number of hydrogen-bond donors (Lipinski definition) is 0. The maximum absolute atomic E-state index is 9.09. The maximum atomic E-state index is 9.09. The lowest BCUT2D eigenvalue weighted by Crippen LogP contribution is -1.90. The zero-order valence-electron chi connectivity index (χ0n) is 11.9. The molecule has 0 radical (unpaired) electrons. The summed E-state index contributed by atoms with van der Waals surface area (Å²) in [6.07, 6.45) is 0. The van der Waals surface area contributed by atoms with Gasteiger partial charge >= 0.3 is 0 Å². The fraction of sp³-hybridized carbons (Fsp3) is 0.235. The Labute approximate surface area is 115 Å². The third kappa shape index (κ3) is 3.86. The lowest BCUT2D eigenvalue weighted by Gasteiger charge is -2.08. The highest BCUT2D eigenvalue weighted by Gasteiger charge is 2.06. The molecule has 0 heterocycles. The highest BCUT2D eigenvalue weighted by molar-refractivity contribution is 5.49. The summed E-state index contributed by atoms with van der Waals surface area (Å²) in [6.45, 7) is 7.93. The van der Waals surface area contributed by atoms with Crippen LogP contribution in [0.5, 0.6) is 11.5 Å². The molecule has 0 unspecified atom stereocenters. The molecule has 0 atom stereocenters. The largest absolute Gasteiger partial charge is 0.456 e. The van der Waals surface area contributed by atoms with E-state index < -0.39 is 0 Å². The van der Waals surface area contributed by atoms with Crippen LogP contribution in [0.3, 0.4) is 0 Å². The first kappa shape index (κ1) is 14.8. The maximum Gasteiger partial charge on any atom is 0.145 e. The minimum Gasteiger partial charge on any atom is -0.456 e. The van der Waals surface area contributed by atoms with Crippen molar-refractivity contribution >= 4 is 0 Å². The van der Waals surface area contributed by atoms with Crippen LogP contribution in [0, 0.1) is 25.2 Å². The lowest BCUT2D eigenvalue weighted by molar-refractivity contribution is 0.480. The molecular formula is C17H19NO. The van der Waals surface area contributed by atoms with Gasteiger partial charge in [0.2, 0.25) is 0 Å². The van der Waals surface area contributed by atoms with Crippen LogP contribution in [-0.2, 0) is 0 Å². The smallest absolute Gasteiger partial charge is 0.145 e. The molecule has 0 bridgehead atoms. The molecule has 0 saturated carbocycles. The summed E-state index contributed by atoms with van der Waals surface area (Å²) < 4.78 is 5.71. The van der Waals surface area contributed by atoms with Gasteiger partial charge in [0.25, 0.3) is 0 Å². The molecule has 0 N–H and O–H groups in total. The second-order valence-corrected chi connectivity index (χ2v) is 3.97. The molecular weight excluding hydrogens is 234 g/mol. The van der Waals surface area contributed by atoms with Crippen molar-refractivity contribution in [3.05, 3.63) is 59.2 Å². The van der Waals surface area contributed by atoms with E-state index in [1.165, 1.54) is 5.56 Å². The number of nitriles is 1. The van der Waals surface area contributed by atoms with Crippen molar-refractivity contribution in [3.63, 3.8) is 0 Å². The number of aryl methyl sites for hydroxylation is 2. The van der Waals surface area contributed by atoms with Crippen LogP contribution >= 0.6 is 0 Å². The highest BCUT2D eigenvalue weighted by Crippen LogP contribution is 2.26. The van der Waals surface area contributed by atoms with Gasteiger partial charge in [-0.3, -0.25) is 0 Å². The lowest BCUT2D eigenvalue weighted by atomic mass is 10.1. The van der Waals surface area contributed by atoms with Crippen LogP contribution in [0.4, 0.5) is 0 Å². The van der Waals surface area contributed by atoms with E-state index in [0.29, 0.717) is 11.3 Å². The van der Waals surface area contributed by atoms with Crippen LogP contribution < -0.4 is 4.74 Å². The van der Waals surface area contributed by atoms with E-state index in [9.17, 15) is 0 Å². The molecule has 0 spiro atoms. The minimum atomic E-state index is 0.591. The molecule has 98 valence electrons. The zero-order valence-corrected chi connectivity index (χ0v) is 11.9. The topological polar surface area (TPSA) is 33.0 Å². The second kappa shape index (κ2) is 7.23. The summed E-state index contributed by atoms with van der Waals surface area (Å²) in [5.74, 6) is 1.36. The Bertz CT molecular complexity index is 565. The third-order valence-electron chi connectivity index (χ3n) is 2.60. The average Bonchev–Trinajstić information content (AvgIpc) is 2.44. The molecule has 2 rings (SSSR count). The van der Waals surface area contributed by atoms with Gasteiger partial charge in [-0.1, -0.05) is 43.7 Å². The highest BCUT2D eigenvalue weighted by atomic mass is 16.5. The van der Waals surface area contributed by atoms with Crippen molar-refractivity contribution in [2.45, 2.75) is 27.7 Å². The van der Waals surface area contributed by atoms with Gasteiger partial charge in [0.1, 0.15) is 17.6 Å². The van der Waals surface area contributed by atoms with E-state index in [-0.39, 0.29) is 0 Å². The SMILES string of the molecule is CC.Cc1ccc(Oc2cccc(C)c2C#N)cc1. The van der Waals surface area contributed by atoms with E-state index in [0.717, 1.165) is 11.3 Å². The molecule has 2 nitrogen and oxygen atoms in total. The Balaban J connectivity index is 0.000000861. The predicted octanol–water partition coefficient (Wildman–Crippen LogP) is 4.99. The summed E-state index contributed by atoms with van der Waals surface area (Å²) in [7, 11) is 0. The van der Waals surface area contributed by atoms with Crippen LogP contribution in [0.15, 0.2) is 42.5 Å². The molecule has 0 saturated heterocycles.